The molecule has 2 N–H and O–H groups in total. The van der Waals surface area contributed by atoms with Crippen LogP contribution in [-0.4, -0.2) is 47.0 Å². The van der Waals surface area contributed by atoms with Gasteiger partial charge in [-0.3, -0.25) is 9.69 Å². The van der Waals surface area contributed by atoms with Gasteiger partial charge in [0, 0.05) is 12.1 Å². The number of nitrogens with one attached hydrogen (secondary N) is 2. The topological polar surface area (TPSA) is 70.2 Å². The molecule has 25 heavy (non-hydrogen) atoms. The molecular weight excluding hydrogens is 316 g/mol. The highest BCUT2D eigenvalue weighted by Gasteiger charge is 2.26. The second-order valence-electron chi connectivity index (χ2n) is 6.92. The van der Waals surface area contributed by atoms with E-state index in [4.69, 9.17) is 4.74 Å². The molecule has 1 aromatic heterocycles. The SMILES string of the molecule is COc1ccc2nc(CNC(=O)[C@@H](C)N(C)C3CCCCC3)[nH]c2c1. The Morgan fingerprint density at radius 1 is 1.40 bits per heavy atom. The van der Waals surface area contributed by atoms with Crippen LogP contribution in [0, 0.1) is 0 Å². The van der Waals surface area contributed by atoms with Crippen LogP contribution in [0.3, 0.4) is 0 Å². The third kappa shape index (κ3) is 4.12. The molecule has 0 radical (unpaired) electrons. The Bertz CT molecular complexity index is 721. The summed E-state index contributed by atoms with van der Waals surface area (Å²) in [4.78, 5) is 22.5. The summed E-state index contributed by atoms with van der Waals surface area (Å²) >= 11 is 0. The number of imidazole rings is 1. The fourth-order valence-corrected chi connectivity index (χ4v) is 3.56. The lowest BCUT2D eigenvalue weighted by molar-refractivity contribution is -0.126. The highest BCUT2D eigenvalue weighted by molar-refractivity contribution is 5.81. The first kappa shape index (κ1) is 17.7. The van der Waals surface area contributed by atoms with Gasteiger partial charge in [0.25, 0.3) is 0 Å². The Morgan fingerprint density at radius 2 is 2.16 bits per heavy atom. The molecule has 1 fully saturated rings. The van der Waals surface area contributed by atoms with E-state index in [0.717, 1.165) is 22.6 Å². The van der Waals surface area contributed by atoms with Gasteiger partial charge in [-0.15, -0.1) is 0 Å². The van der Waals surface area contributed by atoms with Gasteiger partial charge in [0.15, 0.2) is 0 Å². The number of amides is 1. The first-order valence-electron chi connectivity index (χ1n) is 9.10. The van der Waals surface area contributed by atoms with Crippen molar-refractivity contribution in [2.24, 2.45) is 0 Å². The summed E-state index contributed by atoms with van der Waals surface area (Å²) < 4.78 is 5.22. The summed E-state index contributed by atoms with van der Waals surface area (Å²) in [6.45, 7) is 2.38. The van der Waals surface area contributed by atoms with E-state index in [-0.39, 0.29) is 11.9 Å². The molecule has 1 aliphatic rings. The van der Waals surface area contributed by atoms with Crippen LogP contribution in [0.4, 0.5) is 0 Å². The first-order valence-corrected chi connectivity index (χ1v) is 9.10. The number of ether oxygens (including phenoxy) is 1. The van der Waals surface area contributed by atoms with Gasteiger partial charge in [0.05, 0.1) is 30.7 Å². The number of fused-ring (bicyclic) bond motifs is 1. The maximum atomic E-state index is 12.5. The number of methoxy groups -OCH3 is 1. The zero-order valence-corrected chi connectivity index (χ0v) is 15.3. The molecule has 6 nitrogen and oxygen atoms in total. The van der Waals surface area contributed by atoms with E-state index in [9.17, 15) is 4.79 Å². The number of hydrogen-bond acceptors (Lipinski definition) is 4. The van der Waals surface area contributed by atoms with Gasteiger partial charge in [0.2, 0.25) is 5.91 Å². The lowest BCUT2D eigenvalue weighted by atomic mass is 9.93. The van der Waals surface area contributed by atoms with E-state index < -0.39 is 0 Å². The molecule has 1 atom stereocenters. The summed E-state index contributed by atoms with van der Waals surface area (Å²) in [7, 11) is 3.70. The van der Waals surface area contributed by atoms with Crippen molar-refractivity contribution in [3.8, 4) is 5.75 Å². The smallest absolute Gasteiger partial charge is 0.237 e. The summed E-state index contributed by atoms with van der Waals surface area (Å²) in [6.07, 6.45) is 6.25. The van der Waals surface area contributed by atoms with Crippen molar-refractivity contribution in [3.05, 3.63) is 24.0 Å². The van der Waals surface area contributed by atoms with Crippen molar-refractivity contribution in [2.75, 3.05) is 14.2 Å². The van der Waals surface area contributed by atoms with Gasteiger partial charge in [-0.05, 0) is 38.9 Å². The summed E-state index contributed by atoms with van der Waals surface area (Å²) in [5.41, 5.74) is 1.79. The monoisotopic (exact) mass is 344 g/mol. The van der Waals surface area contributed by atoms with Crippen molar-refractivity contribution in [3.63, 3.8) is 0 Å². The minimum absolute atomic E-state index is 0.0473. The highest BCUT2D eigenvalue weighted by Crippen LogP contribution is 2.23. The van der Waals surface area contributed by atoms with Crippen LogP contribution in [0.1, 0.15) is 44.9 Å². The number of likely N-dealkylation sites (N-methyl/N-ethyl adjacent to an activating group) is 1. The molecule has 6 heteroatoms. The Kier molecular flexibility index (Phi) is 5.58. The molecule has 0 aliphatic heterocycles. The molecule has 1 saturated carbocycles. The fourth-order valence-electron chi connectivity index (χ4n) is 3.56. The van der Waals surface area contributed by atoms with Crippen molar-refractivity contribution >= 4 is 16.9 Å². The molecule has 1 aliphatic carbocycles. The average Bonchev–Trinajstić information content (AvgIpc) is 3.07. The largest absolute Gasteiger partial charge is 0.497 e. The number of aromatic amines is 1. The van der Waals surface area contributed by atoms with E-state index in [1.165, 1.54) is 32.1 Å². The second kappa shape index (κ2) is 7.87. The van der Waals surface area contributed by atoms with Crippen LogP contribution in [0.15, 0.2) is 18.2 Å². The van der Waals surface area contributed by atoms with E-state index in [0.29, 0.717) is 12.6 Å². The maximum absolute atomic E-state index is 12.5. The lowest BCUT2D eigenvalue weighted by Crippen LogP contribution is -2.48. The van der Waals surface area contributed by atoms with Gasteiger partial charge in [-0.1, -0.05) is 19.3 Å². The van der Waals surface area contributed by atoms with Crippen molar-refractivity contribution in [2.45, 2.75) is 57.7 Å². The zero-order valence-electron chi connectivity index (χ0n) is 15.3. The third-order valence-electron chi connectivity index (χ3n) is 5.31. The first-order chi connectivity index (χ1) is 12.1. The normalized spacial score (nSPS) is 17.0. The number of benzene rings is 1. The molecular formula is C19H28N4O2. The predicted octanol–water partition coefficient (Wildman–Crippen LogP) is 2.84. The fraction of sp³-hybridized carbons (Fsp3) is 0.579. The van der Waals surface area contributed by atoms with E-state index in [1.54, 1.807) is 7.11 Å². The number of aromatic nitrogens is 2. The van der Waals surface area contributed by atoms with E-state index >= 15 is 0 Å². The van der Waals surface area contributed by atoms with E-state index in [1.807, 2.05) is 25.1 Å². The number of carbonyl (C=O) groups excluding carboxylic acids is 1. The Morgan fingerprint density at radius 3 is 2.88 bits per heavy atom. The van der Waals surface area contributed by atoms with Crippen molar-refractivity contribution < 1.29 is 9.53 Å². The highest BCUT2D eigenvalue weighted by atomic mass is 16.5. The molecule has 2 aromatic rings. The number of rotatable bonds is 6. The maximum Gasteiger partial charge on any atom is 0.237 e. The standard InChI is InChI=1S/C19H28N4O2/c1-13(23(2)14-7-5-4-6-8-14)19(24)20-12-18-21-16-10-9-15(25-3)11-17(16)22-18/h9-11,13-14H,4-8,12H2,1-3H3,(H,20,24)(H,21,22)/t13-/m1/s1. The summed E-state index contributed by atoms with van der Waals surface area (Å²) in [5, 5.41) is 3.00. The summed E-state index contributed by atoms with van der Waals surface area (Å²) in [5.74, 6) is 1.59. The molecule has 3 rings (SSSR count). The third-order valence-corrected chi connectivity index (χ3v) is 5.31. The van der Waals surface area contributed by atoms with Crippen LogP contribution < -0.4 is 10.1 Å². The van der Waals surface area contributed by atoms with Crippen LogP contribution in [0.5, 0.6) is 5.75 Å². The molecule has 1 heterocycles. The minimum Gasteiger partial charge on any atom is -0.497 e. The molecule has 1 amide bonds. The van der Waals surface area contributed by atoms with E-state index in [2.05, 4.69) is 27.2 Å². The lowest BCUT2D eigenvalue weighted by Gasteiger charge is -2.34. The Balaban J connectivity index is 1.57. The number of hydrogen-bond donors (Lipinski definition) is 2. The molecule has 1 aromatic carbocycles. The van der Waals surface area contributed by atoms with Gasteiger partial charge >= 0.3 is 0 Å². The molecule has 0 saturated heterocycles. The van der Waals surface area contributed by atoms with Gasteiger partial charge in [-0.25, -0.2) is 4.98 Å². The van der Waals surface area contributed by atoms with Gasteiger partial charge in [-0.2, -0.15) is 0 Å². The van der Waals surface area contributed by atoms with Crippen LogP contribution in [-0.2, 0) is 11.3 Å². The molecule has 136 valence electrons. The zero-order chi connectivity index (χ0) is 17.8. The Labute approximate surface area is 149 Å². The summed E-state index contributed by atoms with van der Waals surface area (Å²) in [6, 6.07) is 6.09. The number of carbonyl (C=O) groups is 1. The quantitative estimate of drug-likeness (QED) is 0.845. The predicted molar refractivity (Wildman–Crippen MR) is 98.6 cm³/mol. The molecule has 0 spiro atoms. The Hall–Kier alpha value is -2.08. The van der Waals surface area contributed by atoms with Crippen LogP contribution >= 0.6 is 0 Å². The van der Waals surface area contributed by atoms with Crippen molar-refractivity contribution in [1.29, 1.82) is 0 Å². The molecule has 0 unspecified atom stereocenters. The van der Waals surface area contributed by atoms with Gasteiger partial charge < -0.3 is 15.0 Å². The second-order valence-corrected chi connectivity index (χ2v) is 6.92. The van der Waals surface area contributed by atoms with Crippen LogP contribution in [0.2, 0.25) is 0 Å². The number of H-pyrrole nitrogens is 1. The minimum atomic E-state index is -0.132. The average molecular weight is 344 g/mol. The number of nitrogens with zero attached hydrogens (tertiary/aromatic N) is 2. The van der Waals surface area contributed by atoms with Crippen LogP contribution in [0.25, 0.3) is 11.0 Å². The van der Waals surface area contributed by atoms with Gasteiger partial charge in [0.1, 0.15) is 11.6 Å². The molecule has 0 bridgehead atoms. The van der Waals surface area contributed by atoms with Crippen molar-refractivity contribution in [1.82, 2.24) is 20.2 Å².